The van der Waals surface area contributed by atoms with Crippen molar-refractivity contribution in [2.45, 2.75) is 23.5 Å². The van der Waals surface area contributed by atoms with Crippen LogP contribution in [0.1, 0.15) is 12.0 Å². The Bertz CT molecular complexity index is 369. The Hall–Kier alpha value is -0.710. The van der Waals surface area contributed by atoms with Crippen LogP contribution in [0.2, 0.25) is 0 Å². The summed E-state index contributed by atoms with van der Waals surface area (Å²) in [5, 5.41) is 3.35. The van der Waals surface area contributed by atoms with Crippen LogP contribution in [0.4, 0.5) is 0 Å². The molecule has 0 spiro atoms. The SMILES string of the molecule is CNC1CCOCC1S(=O)Cc1ccccc1. The minimum atomic E-state index is -0.875. The predicted octanol–water partition coefficient (Wildman–Crippen LogP) is 1.31. The van der Waals surface area contributed by atoms with Gasteiger partial charge in [0.2, 0.25) is 0 Å². The summed E-state index contributed by atoms with van der Waals surface area (Å²) in [6, 6.07) is 10.3. The maximum Gasteiger partial charge on any atom is 0.0738 e. The van der Waals surface area contributed by atoms with E-state index in [2.05, 4.69) is 5.32 Å². The van der Waals surface area contributed by atoms with Gasteiger partial charge in [0.1, 0.15) is 0 Å². The normalized spacial score (nSPS) is 26.6. The highest BCUT2D eigenvalue weighted by Gasteiger charge is 2.29. The van der Waals surface area contributed by atoms with Crippen LogP contribution in [0.5, 0.6) is 0 Å². The molecule has 3 unspecified atom stereocenters. The fourth-order valence-electron chi connectivity index (χ4n) is 2.15. The number of benzene rings is 1. The summed E-state index contributed by atoms with van der Waals surface area (Å²) >= 11 is 0. The van der Waals surface area contributed by atoms with Gasteiger partial charge in [-0.05, 0) is 19.0 Å². The summed E-state index contributed by atoms with van der Waals surface area (Å²) in [5.41, 5.74) is 1.13. The molecule has 4 heteroatoms. The van der Waals surface area contributed by atoms with Crippen molar-refractivity contribution >= 4 is 10.8 Å². The lowest BCUT2D eigenvalue weighted by Gasteiger charge is -2.30. The van der Waals surface area contributed by atoms with E-state index in [0.717, 1.165) is 18.6 Å². The first-order valence-electron chi connectivity index (χ1n) is 5.97. The fourth-order valence-corrected chi connectivity index (χ4v) is 3.77. The van der Waals surface area contributed by atoms with Crippen molar-refractivity contribution in [1.82, 2.24) is 5.32 Å². The molecule has 0 bridgehead atoms. The molecule has 2 rings (SSSR count). The smallest absolute Gasteiger partial charge is 0.0738 e. The molecule has 1 aliphatic heterocycles. The Balaban J connectivity index is 1.99. The summed E-state index contributed by atoms with van der Waals surface area (Å²) in [6.45, 7) is 1.37. The van der Waals surface area contributed by atoms with Crippen LogP contribution in [0.3, 0.4) is 0 Å². The van der Waals surface area contributed by atoms with Crippen molar-refractivity contribution in [2.24, 2.45) is 0 Å². The Morgan fingerprint density at radius 3 is 2.88 bits per heavy atom. The van der Waals surface area contributed by atoms with Crippen LogP contribution >= 0.6 is 0 Å². The lowest BCUT2D eigenvalue weighted by molar-refractivity contribution is 0.0838. The lowest BCUT2D eigenvalue weighted by Crippen LogP contribution is -2.47. The quantitative estimate of drug-likeness (QED) is 0.879. The van der Waals surface area contributed by atoms with E-state index in [1.54, 1.807) is 0 Å². The van der Waals surface area contributed by atoms with Gasteiger partial charge in [0, 0.05) is 29.2 Å². The van der Waals surface area contributed by atoms with E-state index in [-0.39, 0.29) is 5.25 Å². The molecule has 0 amide bonds. The van der Waals surface area contributed by atoms with Crippen molar-refractivity contribution in [1.29, 1.82) is 0 Å². The Labute approximate surface area is 105 Å². The molecule has 17 heavy (non-hydrogen) atoms. The first kappa shape index (κ1) is 12.7. The maximum atomic E-state index is 12.3. The van der Waals surface area contributed by atoms with Gasteiger partial charge in [0.05, 0.1) is 11.9 Å². The minimum Gasteiger partial charge on any atom is -0.380 e. The standard InChI is InChI=1S/C13H19NO2S/c1-14-12-7-8-16-9-13(12)17(15)10-11-5-3-2-4-6-11/h2-6,12-14H,7-10H2,1H3. The number of nitrogens with one attached hydrogen (secondary N) is 1. The maximum absolute atomic E-state index is 12.3. The largest absolute Gasteiger partial charge is 0.380 e. The van der Waals surface area contributed by atoms with Crippen LogP contribution in [0.25, 0.3) is 0 Å². The third-order valence-electron chi connectivity index (χ3n) is 3.16. The highest BCUT2D eigenvalue weighted by atomic mass is 32.2. The average Bonchev–Trinajstić information content (AvgIpc) is 2.40. The third-order valence-corrected chi connectivity index (χ3v) is 4.92. The number of hydrogen-bond acceptors (Lipinski definition) is 3. The molecule has 1 saturated heterocycles. The van der Waals surface area contributed by atoms with Crippen LogP contribution in [-0.2, 0) is 21.3 Å². The molecule has 1 aliphatic rings. The molecule has 1 aromatic carbocycles. The average molecular weight is 253 g/mol. The van der Waals surface area contributed by atoms with Gasteiger partial charge in [0.15, 0.2) is 0 Å². The number of rotatable bonds is 4. The first-order valence-corrected chi connectivity index (χ1v) is 7.35. The minimum absolute atomic E-state index is 0.106. The molecule has 1 N–H and O–H groups in total. The molecule has 3 atom stereocenters. The van der Waals surface area contributed by atoms with Crippen LogP contribution in [0, 0.1) is 0 Å². The van der Waals surface area contributed by atoms with Crippen molar-refractivity contribution in [3.63, 3.8) is 0 Å². The summed E-state index contributed by atoms with van der Waals surface area (Å²) in [5.74, 6) is 0.618. The van der Waals surface area contributed by atoms with E-state index < -0.39 is 10.8 Å². The number of ether oxygens (including phenoxy) is 1. The molecule has 0 aromatic heterocycles. The van der Waals surface area contributed by atoms with E-state index in [1.807, 2.05) is 37.4 Å². The zero-order valence-corrected chi connectivity index (χ0v) is 10.9. The summed E-state index contributed by atoms with van der Waals surface area (Å²) < 4.78 is 17.8. The zero-order chi connectivity index (χ0) is 12.1. The monoisotopic (exact) mass is 253 g/mol. The van der Waals surface area contributed by atoms with Gasteiger partial charge < -0.3 is 10.1 Å². The summed E-state index contributed by atoms with van der Waals surface area (Å²) in [4.78, 5) is 0. The number of hydrogen-bond donors (Lipinski definition) is 1. The highest BCUT2D eigenvalue weighted by molar-refractivity contribution is 7.84. The topological polar surface area (TPSA) is 38.3 Å². The van der Waals surface area contributed by atoms with E-state index >= 15 is 0 Å². The fraction of sp³-hybridized carbons (Fsp3) is 0.538. The van der Waals surface area contributed by atoms with E-state index in [9.17, 15) is 4.21 Å². The molecular weight excluding hydrogens is 234 g/mol. The molecule has 1 aromatic rings. The van der Waals surface area contributed by atoms with Crippen LogP contribution in [-0.4, -0.2) is 35.8 Å². The Kier molecular flexibility index (Phi) is 4.71. The van der Waals surface area contributed by atoms with Crippen molar-refractivity contribution in [3.05, 3.63) is 35.9 Å². The lowest BCUT2D eigenvalue weighted by atomic mass is 10.1. The molecular formula is C13H19NO2S. The molecule has 1 fully saturated rings. The van der Waals surface area contributed by atoms with Gasteiger partial charge in [-0.25, -0.2) is 0 Å². The van der Waals surface area contributed by atoms with Gasteiger partial charge in [0.25, 0.3) is 0 Å². The summed E-state index contributed by atoms with van der Waals surface area (Å²) in [7, 11) is 1.06. The van der Waals surface area contributed by atoms with Gasteiger partial charge in [-0.3, -0.25) is 4.21 Å². The zero-order valence-electron chi connectivity index (χ0n) is 10.1. The Morgan fingerprint density at radius 2 is 2.18 bits per heavy atom. The van der Waals surface area contributed by atoms with Gasteiger partial charge >= 0.3 is 0 Å². The van der Waals surface area contributed by atoms with Crippen molar-refractivity contribution in [2.75, 3.05) is 20.3 Å². The van der Waals surface area contributed by atoms with Gasteiger partial charge in [-0.1, -0.05) is 30.3 Å². The second-order valence-corrected chi connectivity index (χ2v) is 5.96. The molecule has 0 radical (unpaired) electrons. The second-order valence-electron chi connectivity index (χ2n) is 4.31. The molecule has 0 saturated carbocycles. The van der Waals surface area contributed by atoms with Crippen molar-refractivity contribution in [3.8, 4) is 0 Å². The molecule has 1 heterocycles. The second kappa shape index (κ2) is 6.28. The van der Waals surface area contributed by atoms with Gasteiger partial charge in [-0.2, -0.15) is 0 Å². The van der Waals surface area contributed by atoms with Crippen LogP contribution in [0.15, 0.2) is 30.3 Å². The van der Waals surface area contributed by atoms with E-state index in [0.29, 0.717) is 18.4 Å². The Morgan fingerprint density at radius 1 is 1.41 bits per heavy atom. The van der Waals surface area contributed by atoms with E-state index in [4.69, 9.17) is 4.74 Å². The molecule has 3 nitrogen and oxygen atoms in total. The highest BCUT2D eigenvalue weighted by Crippen LogP contribution is 2.16. The van der Waals surface area contributed by atoms with Gasteiger partial charge in [-0.15, -0.1) is 0 Å². The van der Waals surface area contributed by atoms with E-state index in [1.165, 1.54) is 0 Å². The molecule has 0 aliphatic carbocycles. The third kappa shape index (κ3) is 3.37. The first-order chi connectivity index (χ1) is 8.31. The summed E-state index contributed by atoms with van der Waals surface area (Å²) in [6.07, 6.45) is 0.946. The molecule has 94 valence electrons. The van der Waals surface area contributed by atoms with Crippen molar-refractivity contribution < 1.29 is 8.95 Å². The van der Waals surface area contributed by atoms with Crippen LogP contribution < -0.4 is 5.32 Å². The predicted molar refractivity (Wildman–Crippen MR) is 70.4 cm³/mol.